The number of hydrogen-bond acceptors (Lipinski definition) is 5. The number of nitrogens with zero attached hydrogens (tertiary/aromatic N) is 3. The number of morpholine rings is 1. The molecule has 0 radical (unpaired) electrons. The van der Waals surface area contributed by atoms with E-state index >= 15 is 0 Å². The van der Waals surface area contributed by atoms with Gasteiger partial charge in [-0.25, -0.2) is 4.98 Å². The van der Waals surface area contributed by atoms with Gasteiger partial charge in [-0.3, -0.25) is 9.20 Å². The molecule has 6 rings (SSSR count). The molecule has 0 atom stereocenters. The van der Waals surface area contributed by atoms with Crippen LogP contribution in [0.1, 0.15) is 6.92 Å². The lowest BCUT2D eigenvalue weighted by molar-refractivity contribution is 0.123. The number of hydrogen-bond donors (Lipinski definition) is 0. The first-order chi connectivity index (χ1) is 14.8. The summed E-state index contributed by atoms with van der Waals surface area (Å²) < 4.78 is 12.9. The van der Waals surface area contributed by atoms with Gasteiger partial charge in [0.15, 0.2) is 0 Å². The van der Waals surface area contributed by atoms with Gasteiger partial charge in [0.1, 0.15) is 11.4 Å². The summed E-state index contributed by atoms with van der Waals surface area (Å²) in [6.45, 7) is 5.67. The second-order valence-corrected chi connectivity index (χ2v) is 7.62. The summed E-state index contributed by atoms with van der Waals surface area (Å²) in [7, 11) is 0. The smallest absolute Gasteiger partial charge is 0.264 e. The van der Waals surface area contributed by atoms with E-state index in [-0.39, 0.29) is 5.56 Å². The first-order valence-electron chi connectivity index (χ1n) is 10.3. The summed E-state index contributed by atoms with van der Waals surface area (Å²) in [6.07, 6.45) is 0. The van der Waals surface area contributed by atoms with Crippen LogP contribution >= 0.6 is 0 Å². The topological polar surface area (TPSA) is 56.1 Å². The fourth-order valence-electron chi connectivity index (χ4n) is 4.65. The number of imidazole rings is 1. The Balaban J connectivity index is 1.71. The van der Waals surface area contributed by atoms with E-state index in [0.717, 1.165) is 64.9 Å². The van der Waals surface area contributed by atoms with E-state index in [1.165, 1.54) is 0 Å². The SMILES string of the molecule is CCOc1ccc2nc3c4cccc5c(N6CCOCC6)ccc(c(=O)n3c2c1)c54. The molecule has 5 aromatic rings. The molecule has 6 heteroatoms. The van der Waals surface area contributed by atoms with Gasteiger partial charge in [-0.1, -0.05) is 18.2 Å². The minimum Gasteiger partial charge on any atom is -0.494 e. The van der Waals surface area contributed by atoms with Crippen LogP contribution in [-0.2, 0) is 4.74 Å². The van der Waals surface area contributed by atoms with Gasteiger partial charge >= 0.3 is 0 Å². The van der Waals surface area contributed by atoms with Gasteiger partial charge in [-0.05, 0) is 31.2 Å². The Morgan fingerprint density at radius 2 is 1.87 bits per heavy atom. The van der Waals surface area contributed by atoms with Crippen LogP contribution in [0.2, 0.25) is 0 Å². The van der Waals surface area contributed by atoms with Crippen molar-refractivity contribution in [3.8, 4) is 5.75 Å². The van der Waals surface area contributed by atoms with Gasteiger partial charge in [0.05, 0.1) is 30.9 Å². The van der Waals surface area contributed by atoms with Gasteiger partial charge in [0.2, 0.25) is 0 Å². The van der Waals surface area contributed by atoms with Crippen LogP contribution in [0.5, 0.6) is 5.75 Å². The van der Waals surface area contributed by atoms with Crippen LogP contribution in [0.4, 0.5) is 5.69 Å². The standard InChI is InChI=1S/C24H21N3O3/c1-2-30-15-6-8-19-21(14-15)27-23(25-19)17-5-3-4-16-20(26-10-12-29-13-11-26)9-7-18(22(16)17)24(27)28/h3-9,14H,2,10-13H2,1H3. The minimum atomic E-state index is -0.0432. The Kier molecular flexibility index (Phi) is 3.83. The lowest BCUT2D eigenvalue weighted by Crippen LogP contribution is -2.36. The van der Waals surface area contributed by atoms with Crippen LogP contribution in [0, 0.1) is 0 Å². The van der Waals surface area contributed by atoms with Crippen molar-refractivity contribution in [2.45, 2.75) is 6.92 Å². The Morgan fingerprint density at radius 3 is 2.70 bits per heavy atom. The highest BCUT2D eigenvalue weighted by Gasteiger charge is 2.20. The molecular weight excluding hydrogens is 378 g/mol. The van der Waals surface area contributed by atoms with E-state index in [1.54, 1.807) is 4.40 Å². The molecule has 0 bridgehead atoms. The third kappa shape index (κ3) is 2.40. The molecule has 0 saturated carbocycles. The maximum Gasteiger partial charge on any atom is 0.264 e. The molecule has 0 spiro atoms. The number of anilines is 1. The molecular formula is C24H21N3O3. The van der Waals surface area contributed by atoms with E-state index in [9.17, 15) is 4.79 Å². The molecule has 3 heterocycles. The molecule has 1 saturated heterocycles. The van der Waals surface area contributed by atoms with Crippen LogP contribution in [-0.4, -0.2) is 42.3 Å². The van der Waals surface area contributed by atoms with Crippen molar-refractivity contribution in [2.24, 2.45) is 0 Å². The summed E-state index contributed by atoms with van der Waals surface area (Å²) >= 11 is 0. The van der Waals surface area contributed by atoms with Gasteiger partial charge < -0.3 is 14.4 Å². The third-order valence-electron chi connectivity index (χ3n) is 5.98. The maximum absolute atomic E-state index is 13.6. The molecule has 0 unspecified atom stereocenters. The molecule has 0 aliphatic carbocycles. The molecule has 1 aliphatic heterocycles. The van der Waals surface area contributed by atoms with Crippen molar-refractivity contribution < 1.29 is 9.47 Å². The summed E-state index contributed by atoms with van der Waals surface area (Å²) in [5.41, 5.74) is 3.37. The highest BCUT2D eigenvalue weighted by Crippen LogP contribution is 2.35. The van der Waals surface area contributed by atoms with Crippen molar-refractivity contribution in [3.63, 3.8) is 0 Å². The largest absolute Gasteiger partial charge is 0.494 e. The average molecular weight is 399 g/mol. The van der Waals surface area contributed by atoms with Crippen molar-refractivity contribution in [1.29, 1.82) is 0 Å². The van der Waals surface area contributed by atoms with Crippen molar-refractivity contribution >= 4 is 43.9 Å². The Hall–Kier alpha value is -3.38. The Bertz CT molecular complexity index is 1470. The zero-order valence-corrected chi connectivity index (χ0v) is 16.7. The van der Waals surface area contributed by atoms with E-state index in [4.69, 9.17) is 14.5 Å². The molecule has 1 aliphatic rings. The van der Waals surface area contributed by atoms with Gasteiger partial charge in [0, 0.05) is 46.4 Å². The van der Waals surface area contributed by atoms with Crippen LogP contribution < -0.4 is 15.2 Å². The summed E-state index contributed by atoms with van der Waals surface area (Å²) in [6, 6.07) is 16.0. The van der Waals surface area contributed by atoms with Crippen LogP contribution in [0.15, 0.2) is 53.3 Å². The van der Waals surface area contributed by atoms with E-state index in [0.29, 0.717) is 17.6 Å². The minimum absolute atomic E-state index is 0.0432. The highest BCUT2D eigenvalue weighted by molar-refractivity contribution is 6.18. The molecule has 30 heavy (non-hydrogen) atoms. The van der Waals surface area contributed by atoms with Gasteiger partial charge in [0.25, 0.3) is 5.56 Å². The summed E-state index contributed by atoms with van der Waals surface area (Å²) in [5, 5.41) is 3.78. The lowest BCUT2D eigenvalue weighted by atomic mass is 10.00. The second kappa shape index (κ2) is 6.57. The molecule has 6 nitrogen and oxygen atoms in total. The van der Waals surface area contributed by atoms with Gasteiger partial charge in [-0.2, -0.15) is 0 Å². The molecule has 0 amide bonds. The van der Waals surface area contributed by atoms with E-state index in [1.807, 2.05) is 31.2 Å². The quantitative estimate of drug-likeness (QED) is 0.462. The van der Waals surface area contributed by atoms with Crippen molar-refractivity contribution in [3.05, 3.63) is 58.9 Å². The number of pyridine rings is 1. The summed E-state index contributed by atoms with van der Waals surface area (Å²) in [5.74, 6) is 0.743. The normalized spacial score (nSPS) is 15.0. The molecule has 1 fully saturated rings. The number of rotatable bonds is 3. The summed E-state index contributed by atoms with van der Waals surface area (Å²) in [4.78, 5) is 20.7. The predicted octanol–water partition coefficient (Wildman–Crippen LogP) is 3.83. The Morgan fingerprint density at radius 1 is 1.03 bits per heavy atom. The molecule has 2 aromatic heterocycles. The molecule has 0 N–H and O–H groups in total. The number of ether oxygens (including phenoxy) is 2. The fourth-order valence-corrected chi connectivity index (χ4v) is 4.65. The van der Waals surface area contributed by atoms with Crippen LogP contribution in [0.3, 0.4) is 0 Å². The van der Waals surface area contributed by atoms with E-state index < -0.39 is 0 Å². The fraction of sp³-hybridized carbons (Fsp3) is 0.250. The number of benzene rings is 3. The highest BCUT2D eigenvalue weighted by atomic mass is 16.5. The first kappa shape index (κ1) is 17.5. The van der Waals surface area contributed by atoms with E-state index in [2.05, 4.69) is 29.2 Å². The molecule has 3 aromatic carbocycles. The van der Waals surface area contributed by atoms with Gasteiger partial charge in [-0.15, -0.1) is 0 Å². The average Bonchev–Trinajstić information content (AvgIpc) is 3.17. The zero-order valence-electron chi connectivity index (χ0n) is 16.7. The zero-order chi connectivity index (χ0) is 20.2. The number of fused-ring (bicyclic) bond motifs is 4. The molecule has 150 valence electrons. The first-order valence-corrected chi connectivity index (χ1v) is 10.3. The monoisotopic (exact) mass is 399 g/mol. The predicted molar refractivity (Wildman–Crippen MR) is 119 cm³/mol. The Labute approximate surface area is 172 Å². The van der Waals surface area contributed by atoms with Crippen molar-refractivity contribution in [2.75, 3.05) is 37.8 Å². The van der Waals surface area contributed by atoms with Crippen molar-refractivity contribution in [1.82, 2.24) is 9.38 Å². The maximum atomic E-state index is 13.6. The lowest BCUT2D eigenvalue weighted by Gasteiger charge is -2.30. The number of aromatic nitrogens is 2. The third-order valence-corrected chi connectivity index (χ3v) is 5.98. The van der Waals surface area contributed by atoms with Crippen LogP contribution in [0.25, 0.3) is 38.2 Å². The second-order valence-electron chi connectivity index (χ2n) is 7.62.